The summed E-state index contributed by atoms with van der Waals surface area (Å²) in [4.78, 5) is 0. The van der Waals surface area contributed by atoms with Gasteiger partial charge >= 0.3 is 0 Å². The maximum atomic E-state index is 2.41. The maximum Gasteiger partial charge on any atom is 0.0159 e. The van der Waals surface area contributed by atoms with E-state index in [-0.39, 0.29) is 5.41 Å². The molecule has 0 atom stereocenters. The van der Waals surface area contributed by atoms with E-state index in [0.29, 0.717) is 0 Å². The third-order valence-electron chi connectivity index (χ3n) is 8.60. The van der Waals surface area contributed by atoms with Crippen LogP contribution in [0, 0.1) is 0 Å². The predicted molar refractivity (Wildman–Crippen MR) is 159 cm³/mol. The van der Waals surface area contributed by atoms with Crippen LogP contribution in [0.1, 0.15) is 25.0 Å². The van der Waals surface area contributed by atoms with Crippen molar-refractivity contribution < 1.29 is 0 Å². The first-order chi connectivity index (χ1) is 18.1. The molecule has 0 aliphatic heterocycles. The summed E-state index contributed by atoms with van der Waals surface area (Å²) in [5, 5.41) is 10.5. The smallest absolute Gasteiger partial charge is 0.0159 e. The second-order valence-corrected chi connectivity index (χ2v) is 11.0. The Labute approximate surface area is 216 Å². The van der Waals surface area contributed by atoms with Crippen LogP contribution in [0.2, 0.25) is 0 Å². The fourth-order valence-corrected chi connectivity index (χ4v) is 6.66. The normalized spacial score (nSPS) is 13.9. The summed E-state index contributed by atoms with van der Waals surface area (Å²) in [6.45, 7) is 4.72. The highest BCUT2D eigenvalue weighted by Crippen LogP contribution is 2.49. The largest absolute Gasteiger partial charge is 0.0616 e. The van der Waals surface area contributed by atoms with Crippen LogP contribution in [0.5, 0.6) is 0 Å². The molecule has 0 N–H and O–H groups in total. The third-order valence-corrected chi connectivity index (χ3v) is 8.60. The Morgan fingerprint density at radius 2 is 1.08 bits per heavy atom. The Hall–Kier alpha value is -4.42. The summed E-state index contributed by atoms with van der Waals surface area (Å²) >= 11 is 0. The van der Waals surface area contributed by atoms with E-state index in [9.17, 15) is 0 Å². The van der Waals surface area contributed by atoms with Crippen molar-refractivity contribution in [3.63, 3.8) is 0 Å². The molecule has 174 valence electrons. The lowest BCUT2D eigenvalue weighted by atomic mass is 9.68. The van der Waals surface area contributed by atoms with Gasteiger partial charge in [0.1, 0.15) is 0 Å². The van der Waals surface area contributed by atoms with Gasteiger partial charge in [-0.25, -0.2) is 0 Å². The van der Waals surface area contributed by atoms with Crippen LogP contribution >= 0.6 is 0 Å². The van der Waals surface area contributed by atoms with E-state index in [4.69, 9.17) is 0 Å². The van der Waals surface area contributed by atoms with E-state index in [1.54, 1.807) is 0 Å². The molecule has 8 rings (SSSR count). The summed E-state index contributed by atoms with van der Waals surface area (Å²) in [6.07, 6.45) is 0. The minimum absolute atomic E-state index is 0.0349. The molecule has 0 amide bonds. The van der Waals surface area contributed by atoms with E-state index >= 15 is 0 Å². The Morgan fingerprint density at radius 3 is 1.92 bits per heavy atom. The molecule has 0 unspecified atom stereocenters. The zero-order valence-corrected chi connectivity index (χ0v) is 21.0. The summed E-state index contributed by atoms with van der Waals surface area (Å²) in [5.41, 5.74) is 8.03. The molecule has 0 saturated carbocycles. The van der Waals surface area contributed by atoms with Crippen LogP contribution in [0.15, 0.2) is 121 Å². The number of hydrogen-bond donors (Lipinski definition) is 0. The Bertz CT molecular complexity index is 2050. The molecular weight excluding hydrogens is 444 g/mol. The standard InChI is InChI=1S/C37H26/c1-37(2)34-18-16-27(22-33(34)31-11-5-9-23-10-6-12-35(37)36(23)31)26-15-17-30-28(20-26)13-14-29-19-24-7-3-4-8-25(24)21-32(29)30/h3-22H,1-2H3. The van der Waals surface area contributed by atoms with Crippen molar-refractivity contribution in [3.8, 4) is 22.3 Å². The molecule has 1 aliphatic carbocycles. The Morgan fingerprint density at radius 1 is 0.405 bits per heavy atom. The van der Waals surface area contributed by atoms with Crippen LogP contribution in [0.4, 0.5) is 0 Å². The minimum Gasteiger partial charge on any atom is -0.0616 e. The fourth-order valence-electron chi connectivity index (χ4n) is 6.66. The van der Waals surface area contributed by atoms with Gasteiger partial charge in [0, 0.05) is 5.41 Å². The van der Waals surface area contributed by atoms with Crippen molar-refractivity contribution >= 4 is 43.1 Å². The molecule has 0 fully saturated rings. The number of hydrogen-bond acceptors (Lipinski definition) is 0. The lowest BCUT2D eigenvalue weighted by molar-refractivity contribution is 0.645. The van der Waals surface area contributed by atoms with Crippen molar-refractivity contribution in [2.75, 3.05) is 0 Å². The van der Waals surface area contributed by atoms with Crippen molar-refractivity contribution in [1.29, 1.82) is 0 Å². The van der Waals surface area contributed by atoms with E-state index in [0.717, 1.165) is 0 Å². The minimum atomic E-state index is -0.0349. The van der Waals surface area contributed by atoms with Crippen molar-refractivity contribution in [3.05, 3.63) is 132 Å². The van der Waals surface area contributed by atoms with Gasteiger partial charge in [-0.05, 0) is 101 Å². The first-order valence-corrected chi connectivity index (χ1v) is 13.1. The van der Waals surface area contributed by atoms with Crippen molar-refractivity contribution in [2.45, 2.75) is 19.3 Å². The van der Waals surface area contributed by atoms with Gasteiger partial charge in [-0.1, -0.05) is 111 Å². The van der Waals surface area contributed by atoms with E-state index in [2.05, 4.69) is 135 Å². The molecule has 0 heteroatoms. The summed E-state index contributed by atoms with van der Waals surface area (Å²) in [7, 11) is 0. The molecule has 0 spiro atoms. The SMILES string of the molecule is CC1(C)c2ccc(-c3ccc4c(ccc5cc6ccccc6cc54)c3)cc2-c2cccc3cccc1c23. The Kier molecular flexibility index (Phi) is 4.10. The molecule has 7 aromatic carbocycles. The van der Waals surface area contributed by atoms with Gasteiger partial charge in [0.2, 0.25) is 0 Å². The highest BCUT2D eigenvalue weighted by molar-refractivity contribution is 6.13. The highest BCUT2D eigenvalue weighted by Gasteiger charge is 2.33. The lowest BCUT2D eigenvalue weighted by Gasteiger charge is -2.35. The molecule has 37 heavy (non-hydrogen) atoms. The van der Waals surface area contributed by atoms with E-state index < -0.39 is 0 Å². The molecular formula is C37H26. The van der Waals surface area contributed by atoms with Crippen molar-refractivity contribution in [1.82, 2.24) is 0 Å². The monoisotopic (exact) mass is 470 g/mol. The molecule has 7 aromatic rings. The number of fused-ring (bicyclic) bond motifs is 6. The van der Waals surface area contributed by atoms with E-state index in [1.165, 1.54) is 76.5 Å². The van der Waals surface area contributed by atoms with Crippen LogP contribution in [-0.4, -0.2) is 0 Å². The predicted octanol–water partition coefficient (Wildman–Crippen LogP) is 10.3. The maximum absolute atomic E-state index is 2.41. The van der Waals surface area contributed by atoms with Gasteiger partial charge in [0.25, 0.3) is 0 Å². The summed E-state index contributed by atoms with van der Waals surface area (Å²) in [6, 6.07) is 45.3. The molecule has 1 aliphatic rings. The third kappa shape index (κ3) is 2.90. The molecule has 0 heterocycles. The van der Waals surface area contributed by atoms with Gasteiger partial charge in [-0.2, -0.15) is 0 Å². The van der Waals surface area contributed by atoms with Gasteiger partial charge in [0.05, 0.1) is 0 Å². The molecule has 0 saturated heterocycles. The zero-order chi connectivity index (χ0) is 24.7. The second-order valence-electron chi connectivity index (χ2n) is 11.0. The van der Waals surface area contributed by atoms with Crippen LogP contribution in [0.25, 0.3) is 65.3 Å². The average Bonchev–Trinajstić information content (AvgIpc) is 2.94. The fraction of sp³-hybridized carbons (Fsp3) is 0.0811. The van der Waals surface area contributed by atoms with E-state index in [1.807, 2.05) is 0 Å². The van der Waals surface area contributed by atoms with Crippen molar-refractivity contribution in [2.24, 2.45) is 0 Å². The molecule has 0 bridgehead atoms. The molecule has 0 radical (unpaired) electrons. The highest BCUT2D eigenvalue weighted by atomic mass is 14.4. The number of rotatable bonds is 1. The van der Waals surface area contributed by atoms with Crippen LogP contribution < -0.4 is 0 Å². The van der Waals surface area contributed by atoms with Crippen LogP contribution in [-0.2, 0) is 5.41 Å². The second kappa shape index (κ2) is 7.31. The topological polar surface area (TPSA) is 0 Å². The summed E-state index contributed by atoms with van der Waals surface area (Å²) in [5.74, 6) is 0. The zero-order valence-electron chi connectivity index (χ0n) is 21.0. The van der Waals surface area contributed by atoms with Gasteiger partial charge in [-0.3, -0.25) is 0 Å². The Balaban J connectivity index is 1.33. The van der Waals surface area contributed by atoms with Gasteiger partial charge in [0.15, 0.2) is 0 Å². The quantitative estimate of drug-likeness (QED) is 0.165. The molecule has 0 nitrogen and oxygen atoms in total. The molecule has 0 aromatic heterocycles. The summed E-state index contributed by atoms with van der Waals surface area (Å²) < 4.78 is 0. The van der Waals surface area contributed by atoms with Gasteiger partial charge < -0.3 is 0 Å². The van der Waals surface area contributed by atoms with Gasteiger partial charge in [-0.15, -0.1) is 0 Å². The van der Waals surface area contributed by atoms with Crippen LogP contribution in [0.3, 0.4) is 0 Å². The lowest BCUT2D eigenvalue weighted by Crippen LogP contribution is -2.23. The average molecular weight is 471 g/mol. The first-order valence-electron chi connectivity index (χ1n) is 13.1. The number of benzene rings is 7. The first kappa shape index (κ1) is 20.7.